The van der Waals surface area contributed by atoms with Crippen molar-refractivity contribution in [3.05, 3.63) is 57.7 Å². The van der Waals surface area contributed by atoms with Crippen LogP contribution in [0.4, 0.5) is 11.5 Å². The van der Waals surface area contributed by atoms with E-state index in [2.05, 4.69) is 31.4 Å². The molecular formula is C15H11BrClN3. The van der Waals surface area contributed by atoms with Crippen LogP contribution in [-0.4, -0.2) is 10.2 Å². The quantitative estimate of drug-likeness (QED) is 0.700. The first kappa shape index (κ1) is 13.3. The van der Waals surface area contributed by atoms with Gasteiger partial charge in [0, 0.05) is 20.9 Å². The second-order valence-electron chi connectivity index (χ2n) is 4.47. The number of benzene rings is 2. The summed E-state index contributed by atoms with van der Waals surface area (Å²) in [6.07, 6.45) is 0. The fourth-order valence-electron chi connectivity index (χ4n) is 1.97. The molecule has 0 amide bonds. The Hall–Kier alpha value is -1.65. The Kier molecular flexibility index (Phi) is 3.59. The van der Waals surface area contributed by atoms with Crippen LogP contribution in [0, 0.1) is 6.92 Å². The fourth-order valence-corrected chi connectivity index (χ4v) is 2.55. The van der Waals surface area contributed by atoms with Crippen LogP contribution in [-0.2, 0) is 0 Å². The first-order valence-electron chi connectivity index (χ1n) is 6.09. The van der Waals surface area contributed by atoms with Crippen molar-refractivity contribution in [3.63, 3.8) is 0 Å². The van der Waals surface area contributed by atoms with Gasteiger partial charge < -0.3 is 5.32 Å². The minimum atomic E-state index is 0.413. The fraction of sp³-hybridized carbons (Fsp3) is 0.0667. The predicted octanol–water partition coefficient (Wildman–Crippen LogP) is 5.10. The smallest absolute Gasteiger partial charge is 0.161 e. The summed E-state index contributed by atoms with van der Waals surface area (Å²) in [7, 11) is 0. The molecule has 0 aliphatic carbocycles. The molecule has 3 aromatic rings. The molecule has 5 heteroatoms. The lowest BCUT2D eigenvalue weighted by molar-refractivity contribution is 1.05. The molecular weight excluding hydrogens is 338 g/mol. The van der Waals surface area contributed by atoms with E-state index >= 15 is 0 Å². The highest BCUT2D eigenvalue weighted by Crippen LogP contribution is 2.29. The van der Waals surface area contributed by atoms with Crippen molar-refractivity contribution in [3.8, 4) is 0 Å². The normalized spacial score (nSPS) is 10.8. The zero-order valence-electron chi connectivity index (χ0n) is 10.7. The van der Waals surface area contributed by atoms with E-state index in [1.54, 1.807) is 0 Å². The van der Waals surface area contributed by atoms with Crippen molar-refractivity contribution >= 4 is 49.8 Å². The Morgan fingerprint density at radius 3 is 2.55 bits per heavy atom. The molecule has 0 unspecified atom stereocenters. The van der Waals surface area contributed by atoms with Gasteiger partial charge in [-0.3, -0.25) is 0 Å². The summed E-state index contributed by atoms with van der Waals surface area (Å²) < 4.78 is 1.05. The number of fused-ring (bicyclic) bond motifs is 1. The van der Waals surface area contributed by atoms with Crippen molar-refractivity contribution in [2.45, 2.75) is 6.92 Å². The third-order valence-corrected chi connectivity index (χ3v) is 4.21. The second kappa shape index (κ2) is 5.38. The van der Waals surface area contributed by atoms with Crippen molar-refractivity contribution in [1.29, 1.82) is 0 Å². The zero-order valence-corrected chi connectivity index (χ0v) is 13.0. The maximum atomic E-state index is 6.07. The minimum absolute atomic E-state index is 0.413. The number of anilines is 2. The van der Waals surface area contributed by atoms with Crippen LogP contribution in [0.3, 0.4) is 0 Å². The third-order valence-electron chi connectivity index (χ3n) is 3.08. The Balaban J connectivity index is 2.06. The van der Waals surface area contributed by atoms with Gasteiger partial charge in [-0.2, -0.15) is 0 Å². The van der Waals surface area contributed by atoms with Crippen LogP contribution in [0.15, 0.2) is 46.9 Å². The number of hydrogen-bond donors (Lipinski definition) is 1. The zero-order chi connectivity index (χ0) is 14.1. The molecule has 2 aromatic carbocycles. The Morgan fingerprint density at radius 1 is 1.05 bits per heavy atom. The summed E-state index contributed by atoms with van der Waals surface area (Å²) in [5.41, 5.74) is 2.13. The molecule has 0 fully saturated rings. The number of aryl methyl sites for hydroxylation is 1. The summed E-state index contributed by atoms with van der Waals surface area (Å²) >= 11 is 9.59. The van der Waals surface area contributed by atoms with Gasteiger partial charge in [-0.15, -0.1) is 10.2 Å². The maximum absolute atomic E-state index is 6.07. The Morgan fingerprint density at radius 2 is 1.80 bits per heavy atom. The number of halogens is 2. The van der Waals surface area contributed by atoms with Crippen molar-refractivity contribution < 1.29 is 0 Å². The largest absolute Gasteiger partial charge is 0.338 e. The number of rotatable bonds is 2. The third kappa shape index (κ3) is 2.49. The van der Waals surface area contributed by atoms with Crippen molar-refractivity contribution in [2.24, 2.45) is 0 Å². The highest BCUT2D eigenvalue weighted by Gasteiger charge is 2.08. The van der Waals surface area contributed by atoms with E-state index in [9.17, 15) is 0 Å². The lowest BCUT2D eigenvalue weighted by atomic mass is 10.2. The lowest BCUT2D eigenvalue weighted by Gasteiger charge is -2.09. The molecule has 3 nitrogen and oxygen atoms in total. The molecule has 0 radical (unpaired) electrons. The number of nitrogens with one attached hydrogen (secondary N) is 1. The average molecular weight is 349 g/mol. The molecule has 0 saturated carbocycles. The number of aromatic nitrogens is 2. The summed E-state index contributed by atoms with van der Waals surface area (Å²) in [6.45, 7) is 2.05. The average Bonchev–Trinajstić information content (AvgIpc) is 2.46. The van der Waals surface area contributed by atoms with Gasteiger partial charge in [-0.05, 0) is 24.6 Å². The first-order valence-corrected chi connectivity index (χ1v) is 7.26. The molecule has 100 valence electrons. The van der Waals surface area contributed by atoms with E-state index < -0.39 is 0 Å². The highest BCUT2D eigenvalue weighted by atomic mass is 79.9. The lowest BCUT2D eigenvalue weighted by Crippen LogP contribution is -1.97. The molecule has 1 N–H and O–H groups in total. The van der Waals surface area contributed by atoms with E-state index in [0.29, 0.717) is 11.0 Å². The summed E-state index contributed by atoms with van der Waals surface area (Å²) in [5.74, 6) is 0.695. The molecule has 0 spiro atoms. The van der Waals surface area contributed by atoms with Gasteiger partial charge in [0.25, 0.3) is 0 Å². The summed E-state index contributed by atoms with van der Waals surface area (Å²) in [4.78, 5) is 0. The van der Waals surface area contributed by atoms with Crippen LogP contribution in [0.5, 0.6) is 0 Å². The van der Waals surface area contributed by atoms with Crippen LogP contribution in [0.2, 0.25) is 5.15 Å². The molecule has 0 aliphatic heterocycles. The van der Waals surface area contributed by atoms with E-state index in [1.165, 1.54) is 5.56 Å². The standard InChI is InChI=1S/C15H11BrClN3/c1-9-6-7-10(8-13(9)16)18-15-12-5-3-2-4-11(12)14(17)19-20-15/h2-8H,1H3,(H,18,20). The molecule has 0 saturated heterocycles. The highest BCUT2D eigenvalue weighted by molar-refractivity contribution is 9.10. The van der Waals surface area contributed by atoms with E-state index in [0.717, 1.165) is 20.9 Å². The van der Waals surface area contributed by atoms with Crippen molar-refractivity contribution in [1.82, 2.24) is 10.2 Å². The van der Waals surface area contributed by atoms with Gasteiger partial charge in [-0.1, -0.05) is 57.9 Å². The number of nitrogens with zero attached hydrogens (tertiary/aromatic N) is 2. The van der Waals surface area contributed by atoms with Gasteiger partial charge in [0.1, 0.15) is 0 Å². The van der Waals surface area contributed by atoms with Crippen LogP contribution >= 0.6 is 27.5 Å². The summed E-state index contributed by atoms with van der Waals surface area (Å²) in [5, 5.41) is 13.7. The monoisotopic (exact) mass is 347 g/mol. The SMILES string of the molecule is Cc1ccc(Nc2nnc(Cl)c3ccccc23)cc1Br. The Bertz CT molecular complexity index is 789. The predicted molar refractivity (Wildman–Crippen MR) is 86.7 cm³/mol. The molecule has 1 aromatic heterocycles. The number of hydrogen-bond acceptors (Lipinski definition) is 3. The van der Waals surface area contributed by atoms with E-state index in [-0.39, 0.29) is 0 Å². The van der Waals surface area contributed by atoms with Gasteiger partial charge in [-0.25, -0.2) is 0 Å². The van der Waals surface area contributed by atoms with Crippen LogP contribution in [0.1, 0.15) is 5.56 Å². The molecule has 20 heavy (non-hydrogen) atoms. The van der Waals surface area contributed by atoms with Gasteiger partial charge in [0.05, 0.1) is 0 Å². The summed E-state index contributed by atoms with van der Waals surface area (Å²) in [6, 6.07) is 13.9. The topological polar surface area (TPSA) is 37.8 Å². The molecule has 0 aliphatic rings. The first-order chi connectivity index (χ1) is 9.65. The Labute approximate surface area is 130 Å². The minimum Gasteiger partial charge on any atom is -0.338 e. The van der Waals surface area contributed by atoms with Crippen molar-refractivity contribution in [2.75, 3.05) is 5.32 Å². The van der Waals surface area contributed by atoms with E-state index in [4.69, 9.17) is 11.6 Å². The van der Waals surface area contributed by atoms with Gasteiger partial charge in [0.15, 0.2) is 11.0 Å². The molecule has 0 bridgehead atoms. The van der Waals surface area contributed by atoms with Crippen LogP contribution < -0.4 is 5.32 Å². The van der Waals surface area contributed by atoms with Gasteiger partial charge in [0.2, 0.25) is 0 Å². The second-order valence-corrected chi connectivity index (χ2v) is 5.69. The van der Waals surface area contributed by atoms with Crippen LogP contribution in [0.25, 0.3) is 10.8 Å². The molecule has 3 rings (SSSR count). The van der Waals surface area contributed by atoms with Gasteiger partial charge >= 0.3 is 0 Å². The maximum Gasteiger partial charge on any atom is 0.161 e. The van der Waals surface area contributed by atoms with E-state index in [1.807, 2.05) is 49.4 Å². The molecule has 1 heterocycles. The molecule has 0 atom stereocenters.